The number of amides is 1. The van der Waals surface area contributed by atoms with Gasteiger partial charge in [-0.2, -0.15) is 0 Å². The number of rotatable bonds is 4. The fourth-order valence-electron chi connectivity index (χ4n) is 1.80. The molecule has 2 aromatic rings. The van der Waals surface area contributed by atoms with Crippen LogP contribution in [0.3, 0.4) is 0 Å². The molecule has 0 saturated heterocycles. The van der Waals surface area contributed by atoms with E-state index < -0.39 is 16.1 Å². The van der Waals surface area contributed by atoms with Gasteiger partial charge in [-0.1, -0.05) is 6.07 Å². The molecule has 0 unspecified atom stereocenters. The lowest BCUT2D eigenvalue weighted by Crippen LogP contribution is -2.26. The summed E-state index contributed by atoms with van der Waals surface area (Å²) in [5.74, 6) is 0. The Morgan fingerprint density at radius 1 is 1.33 bits per heavy atom. The van der Waals surface area contributed by atoms with Crippen LogP contribution in [0, 0.1) is 0 Å². The van der Waals surface area contributed by atoms with Crippen LogP contribution in [0.25, 0.3) is 0 Å². The molecule has 1 fully saturated rings. The minimum absolute atomic E-state index is 0.0409. The molecule has 0 bridgehead atoms. The lowest BCUT2D eigenvalue weighted by atomic mass is 10.3. The number of hydrogen-bond acceptors (Lipinski definition) is 4. The van der Waals surface area contributed by atoms with Crippen molar-refractivity contribution in [3.05, 3.63) is 43.0 Å². The predicted molar refractivity (Wildman–Crippen MR) is 76.4 cm³/mol. The van der Waals surface area contributed by atoms with Crippen molar-refractivity contribution in [1.29, 1.82) is 0 Å². The number of anilines is 1. The lowest BCUT2D eigenvalue weighted by molar-refractivity contribution is 0.253. The largest absolute Gasteiger partial charge is 0.331 e. The highest BCUT2D eigenvalue weighted by Crippen LogP contribution is 2.23. The average Bonchev–Trinajstić information content (AvgIpc) is 3.08. The highest BCUT2D eigenvalue weighted by molar-refractivity contribution is 7.89. The number of imidazole rings is 1. The molecule has 1 aliphatic carbocycles. The maximum absolute atomic E-state index is 12.1. The number of aromatic nitrogens is 2. The summed E-state index contributed by atoms with van der Waals surface area (Å²) in [6.45, 7) is 0. The van der Waals surface area contributed by atoms with Crippen LogP contribution in [-0.4, -0.2) is 30.0 Å². The Morgan fingerprint density at radius 2 is 2.14 bits per heavy atom. The van der Waals surface area contributed by atoms with Crippen molar-refractivity contribution in [2.45, 2.75) is 23.8 Å². The van der Waals surface area contributed by atoms with Crippen LogP contribution in [-0.2, 0) is 10.0 Å². The molecule has 0 spiro atoms. The molecule has 1 amide bonds. The first-order valence-electron chi connectivity index (χ1n) is 6.46. The van der Waals surface area contributed by atoms with Crippen LogP contribution in [0.4, 0.5) is 10.5 Å². The average molecular weight is 306 g/mol. The number of sulfonamides is 1. The molecule has 3 rings (SSSR count). The second-order valence-electron chi connectivity index (χ2n) is 4.82. The predicted octanol–water partition coefficient (Wildman–Crippen LogP) is 1.40. The van der Waals surface area contributed by atoms with E-state index in [2.05, 4.69) is 15.0 Å². The van der Waals surface area contributed by atoms with E-state index in [1.807, 2.05) is 0 Å². The second kappa shape index (κ2) is 5.30. The third-order valence-corrected chi connectivity index (χ3v) is 4.55. The Labute approximate surface area is 122 Å². The van der Waals surface area contributed by atoms with Crippen molar-refractivity contribution in [3.63, 3.8) is 0 Å². The molecule has 0 aliphatic heterocycles. The first kappa shape index (κ1) is 13.8. The molecule has 1 aliphatic rings. The van der Waals surface area contributed by atoms with Crippen molar-refractivity contribution >= 4 is 21.7 Å². The topological polar surface area (TPSA) is 93.1 Å². The van der Waals surface area contributed by atoms with Crippen molar-refractivity contribution in [2.24, 2.45) is 0 Å². The summed E-state index contributed by atoms with van der Waals surface area (Å²) in [6, 6.07) is 5.78. The first-order valence-corrected chi connectivity index (χ1v) is 7.95. The first-order chi connectivity index (χ1) is 10.0. The van der Waals surface area contributed by atoms with Gasteiger partial charge in [-0.05, 0) is 31.0 Å². The van der Waals surface area contributed by atoms with Crippen LogP contribution in [0.2, 0.25) is 0 Å². The Bertz CT molecular complexity index is 751. The van der Waals surface area contributed by atoms with Gasteiger partial charge in [-0.3, -0.25) is 4.57 Å². The van der Waals surface area contributed by atoms with E-state index in [1.54, 1.807) is 12.1 Å². The monoisotopic (exact) mass is 306 g/mol. The van der Waals surface area contributed by atoms with E-state index in [0.29, 0.717) is 5.69 Å². The molecule has 8 heteroatoms. The third-order valence-electron chi connectivity index (χ3n) is 3.03. The SMILES string of the molecule is O=C(Nc1cccc(S(=O)(=O)NC2CC2)c1)n1ccnc1. The minimum Gasteiger partial charge on any atom is -0.307 e. The fraction of sp³-hybridized carbons (Fsp3) is 0.231. The number of carbonyl (C=O) groups excluding carboxylic acids is 1. The van der Waals surface area contributed by atoms with Crippen molar-refractivity contribution < 1.29 is 13.2 Å². The Balaban J connectivity index is 1.78. The van der Waals surface area contributed by atoms with Crippen LogP contribution >= 0.6 is 0 Å². The summed E-state index contributed by atoms with van der Waals surface area (Å²) >= 11 is 0. The molecular formula is C13H14N4O3S. The summed E-state index contributed by atoms with van der Waals surface area (Å²) < 4.78 is 28.1. The zero-order valence-electron chi connectivity index (χ0n) is 11.1. The standard InChI is InChI=1S/C13H14N4O3S/c18-13(17-7-6-14-9-17)15-11-2-1-3-12(8-11)21(19,20)16-10-4-5-10/h1-3,6-10,16H,4-5H2,(H,15,18). The Hall–Kier alpha value is -2.19. The van der Waals surface area contributed by atoms with Gasteiger partial charge in [-0.15, -0.1) is 0 Å². The number of nitrogens with one attached hydrogen (secondary N) is 2. The van der Waals surface area contributed by atoms with Gasteiger partial charge in [0.05, 0.1) is 4.90 Å². The smallest absolute Gasteiger partial charge is 0.307 e. The van der Waals surface area contributed by atoms with Crippen LogP contribution in [0.5, 0.6) is 0 Å². The Morgan fingerprint density at radius 3 is 2.81 bits per heavy atom. The fourth-order valence-corrected chi connectivity index (χ4v) is 3.15. The zero-order chi connectivity index (χ0) is 14.9. The maximum Gasteiger partial charge on any atom is 0.331 e. The zero-order valence-corrected chi connectivity index (χ0v) is 11.9. The van der Waals surface area contributed by atoms with Gasteiger partial charge < -0.3 is 5.32 Å². The van der Waals surface area contributed by atoms with E-state index in [0.717, 1.165) is 12.8 Å². The molecule has 1 saturated carbocycles. The van der Waals surface area contributed by atoms with Crippen LogP contribution in [0.1, 0.15) is 12.8 Å². The number of hydrogen-bond donors (Lipinski definition) is 2. The van der Waals surface area contributed by atoms with E-state index >= 15 is 0 Å². The quantitative estimate of drug-likeness (QED) is 0.893. The lowest BCUT2D eigenvalue weighted by Gasteiger charge is -2.09. The summed E-state index contributed by atoms with van der Waals surface area (Å²) in [5.41, 5.74) is 0.410. The van der Waals surface area contributed by atoms with Crippen molar-refractivity contribution in [1.82, 2.24) is 14.3 Å². The van der Waals surface area contributed by atoms with Gasteiger partial charge in [0.2, 0.25) is 10.0 Å². The summed E-state index contributed by atoms with van der Waals surface area (Å²) in [4.78, 5) is 15.8. The summed E-state index contributed by atoms with van der Waals surface area (Å²) in [5, 5.41) is 2.62. The van der Waals surface area contributed by atoms with Gasteiger partial charge in [-0.25, -0.2) is 22.9 Å². The van der Waals surface area contributed by atoms with E-state index in [4.69, 9.17) is 0 Å². The van der Waals surface area contributed by atoms with E-state index in [1.165, 1.54) is 35.4 Å². The third kappa shape index (κ3) is 3.29. The van der Waals surface area contributed by atoms with Crippen LogP contribution in [0.15, 0.2) is 47.9 Å². The number of carbonyl (C=O) groups is 1. The number of benzene rings is 1. The van der Waals surface area contributed by atoms with Gasteiger partial charge >= 0.3 is 6.03 Å². The van der Waals surface area contributed by atoms with E-state index in [-0.39, 0.29) is 10.9 Å². The van der Waals surface area contributed by atoms with Gasteiger partial charge in [0.25, 0.3) is 0 Å². The molecule has 110 valence electrons. The highest BCUT2D eigenvalue weighted by atomic mass is 32.2. The Kier molecular flexibility index (Phi) is 3.48. The molecule has 7 nitrogen and oxygen atoms in total. The second-order valence-corrected chi connectivity index (χ2v) is 6.54. The molecule has 21 heavy (non-hydrogen) atoms. The molecule has 1 aromatic heterocycles. The molecule has 1 aromatic carbocycles. The molecule has 2 N–H and O–H groups in total. The van der Waals surface area contributed by atoms with Crippen LogP contribution < -0.4 is 10.0 Å². The summed E-state index contributed by atoms with van der Waals surface area (Å²) in [7, 11) is -3.53. The molecular weight excluding hydrogens is 292 g/mol. The minimum atomic E-state index is -3.53. The van der Waals surface area contributed by atoms with Gasteiger partial charge in [0.15, 0.2) is 0 Å². The number of nitrogens with zero attached hydrogens (tertiary/aromatic N) is 2. The van der Waals surface area contributed by atoms with E-state index in [9.17, 15) is 13.2 Å². The molecule has 0 atom stereocenters. The maximum atomic E-state index is 12.1. The van der Waals surface area contributed by atoms with Gasteiger partial charge in [0, 0.05) is 24.1 Å². The van der Waals surface area contributed by atoms with Crippen molar-refractivity contribution in [3.8, 4) is 0 Å². The molecule has 0 radical (unpaired) electrons. The normalized spacial score (nSPS) is 14.9. The summed E-state index contributed by atoms with van der Waals surface area (Å²) in [6.07, 6.45) is 6.10. The molecule has 1 heterocycles. The van der Waals surface area contributed by atoms with Gasteiger partial charge in [0.1, 0.15) is 6.33 Å². The van der Waals surface area contributed by atoms with Crippen molar-refractivity contribution in [2.75, 3.05) is 5.32 Å². The highest BCUT2D eigenvalue weighted by Gasteiger charge is 2.28.